The number of sulfone groups is 1. The number of anilines is 2. The van der Waals surface area contributed by atoms with Gasteiger partial charge in [-0.25, -0.2) is 8.42 Å². The predicted octanol–water partition coefficient (Wildman–Crippen LogP) is 3.93. The Bertz CT molecular complexity index is 1080. The molecule has 6 nitrogen and oxygen atoms in total. The van der Waals surface area contributed by atoms with E-state index in [-0.39, 0.29) is 28.4 Å². The minimum absolute atomic E-state index is 0.102. The molecule has 0 spiro atoms. The summed E-state index contributed by atoms with van der Waals surface area (Å²) in [5.41, 5.74) is 3.31. The second kappa shape index (κ2) is 8.20. The SMILES string of the molecule is Cc1cccc(NC(=O)CC(C)S(=O)(=O)c2ccc3c(c2)SC(C)C(=O)N3)c1C. The summed E-state index contributed by atoms with van der Waals surface area (Å²) >= 11 is 1.32. The molecular formula is C21H24N2O4S2. The molecule has 0 fully saturated rings. The van der Waals surface area contributed by atoms with Gasteiger partial charge in [0.1, 0.15) is 0 Å². The van der Waals surface area contributed by atoms with Crippen molar-refractivity contribution in [3.63, 3.8) is 0 Å². The average molecular weight is 433 g/mol. The summed E-state index contributed by atoms with van der Waals surface area (Å²) in [5, 5.41) is 4.41. The second-order valence-electron chi connectivity index (χ2n) is 7.26. The highest BCUT2D eigenvalue weighted by Crippen LogP contribution is 2.37. The van der Waals surface area contributed by atoms with Crippen LogP contribution in [-0.2, 0) is 19.4 Å². The molecule has 1 heterocycles. The van der Waals surface area contributed by atoms with Crippen LogP contribution in [0.25, 0.3) is 0 Å². The molecule has 1 aliphatic rings. The van der Waals surface area contributed by atoms with Gasteiger partial charge in [0.2, 0.25) is 11.8 Å². The Balaban J connectivity index is 1.75. The number of benzene rings is 2. The third kappa shape index (κ3) is 4.48. The molecule has 1 aliphatic heterocycles. The molecule has 0 bridgehead atoms. The number of aryl methyl sites for hydroxylation is 1. The first-order valence-corrected chi connectivity index (χ1v) is 11.7. The van der Waals surface area contributed by atoms with Crippen LogP contribution in [0.4, 0.5) is 11.4 Å². The number of thioether (sulfide) groups is 1. The van der Waals surface area contributed by atoms with Gasteiger partial charge in [0.25, 0.3) is 0 Å². The van der Waals surface area contributed by atoms with Gasteiger partial charge in [-0.3, -0.25) is 9.59 Å². The second-order valence-corrected chi connectivity index (χ2v) is 11.0. The summed E-state index contributed by atoms with van der Waals surface area (Å²) in [6.07, 6.45) is -0.146. The van der Waals surface area contributed by atoms with Gasteiger partial charge in [-0.05, 0) is 63.1 Å². The molecular weight excluding hydrogens is 408 g/mol. The first-order chi connectivity index (χ1) is 13.6. The topological polar surface area (TPSA) is 92.3 Å². The van der Waals surface area contributed by atoms with Gasteiger partial charge in [0, 0.05) is 17.0 Å². The molecule has 0 saturated heterocycles. The number of amides is 2. The lowest BCUT2D eigenvalue weighted by molar-refractivity contribution is -0.116. The van der Waals surface area contributed by atoms with E-state index in [1.165, 1.54) is 24.8 Å². The molecule has 2 amide bonds. The van der Waals surface area contributed by atoms with Crippen molar-refractivity contribution < 1.29 is 18.0 Å². The fourth-order valence-electron chi connectivity index (χ4n) is 3.05. The number of hydrogen-bond donors (Lipinski definition) is 2. The van der Waals surface area contributed by atoms with Crippen molar-refractivity contribution >= 4 is 44.8 Å². The third-order valence-electron chi connectivity index (χ3n) is 5.09. The third-order valence-corrected chi connectivity index (χ3v) is 8.39. The molecule has 29 heavy (non-hydrogen) atoms. The Labute approximate surface area is 175 Å². The highest BCUT2D eigenvalue weighted by molar-refractivity contribution is 8.01. The van der Waals surface area contributed by atoms with Gasteiger partial charge >= 0.3 is 0 Å². The van der Waals surface area contributed by atoms with E-state index in [9.17, 15) is 18.0 Å². The number of carbonyl (C=O) groups excluding carboxylic acids is 2. The largest absolute Gasteiger partial charge is 0.326 e. The van der Waals surface area contributed by atoms with Crippen molar-refractivity contribution in [3.05, 3.63) is 47.5 Å². The van der Waals surface area contributed by atoms with Crippen LogP contribution in [0.15, 0.2) is 46.2 Å². The molecule has 3 rings (SSSR count). The Morgan fingerprint density at radius 3 is 2.69 bits per heavy atom. The number of hydrogen-bond acceptors (Lipinski definition) is 5. The molecule has 2 aromatic rings. The van der Waals surface area contributed by atoms with Crippen LogP contribution < -0.4 is 10.6 Å². The zero-order chi connectivity index (χ0) is 21.3. The van der Waals surface area contributed by atoms with Crippen LogP contribution in [0.1, 0.15) is 31.4 Å². The lowest BCUT2D eigenvalue weighted by Gasteiger charge is -2.22. The minimum atomic E-state index is -3.70. The highest BCUT2D eigenvalue weighted by Gasteiger charge is 2.29. The Kier molecular flexibility index (Phi) is 6.05. The van der Waals surface area contributed by atoms with E-state index in [0.717, 1.165) is 11.1 Å². The molecule has 154 valence electrons. The zero-order valence-corrected chi connectivity index (χ0v) is 18.4. The average Bonchev–Trinajstić information content (AvgIpc) is 2.66. The maximum Gasteiger partial charge on any atom is 0.237 e. The summed E-state index contributed by atoms with van der Waals surface area (Å²) in [4.78, 5) is 25.1. The first kappa shape index (κ1) is 21.4. The molecule has 0 aliphatic carbocycles. The van der Waals surface area contributed by atoms with Crippen molar-refractivity contribution in [1.29, 1.82) is 0 Å². The van der Waals surface area contributed by atoms with Crippen molar-refractivity contribution in [2.24, 2.45) is 0 Å². The van der Waals surface area contributed by atoms with E-state index in [1.807, 2.05) is 26.0 Å². The first-order valence-electron chi connectivity index (χ1n) is 9.31. The van der Waals surface area contributed by atoms with E-state index in [2.05, 4.69) is 10.6 Å². The van der Waals surface area contributed by atoms with E-state index in [4.69, 9.17) is 0 Å². The molecule has 0 saturated carbocycles. The number of rotatable bonds is 5. The molecule has 2 unspecified atom stereocenters. The molecule has 2 aromatic carbocycles. The number of nitrogens with one attached hydrogen (secondary N) is 2. The van der Waals surface area contributed by atoms with Gasteiger partial charge in [-0.2, -0.15) is 0 Å². The lowest BCUT2D eigenvalue weighted by Crippen LogP contribution is -2.27. The molecule has 0 aromatic heterocycles. The van der Waals surface area contributed by atoms with Crippen LogP contribution in [0.3, 0.4) is 0 Å². The van der Waals surface area contributed by atoms with Gasteiger partial charge in [0.15, 0.2) is 9.84 Å². The maximum absolute atomic E-state index is 13.0. The summed E-state index contributed by atoms with van der Waals surface area (Å²) in [5.74, 6) is -0.447. The van der Waals surface area contributed by atoms with Crippen LogP contribution in [0.5, 0.6) is 0 Å². The van der Waals surface area contributed by atoms with Crippen molar-refractivity contribution in [2.45, 2.75) is 54.4 Å². The fraction of sp³-hybridized carbons (Fsp3) is 0.333. The Morgan fingerprint density at radius 2 is 1.97 bits per heavy atom. The summed E-state index contributed by atoms with van der Waals surface area (Å²) in [7, 11) is -3.70. The van der Waals surface area contributed by atoms with Gasteiger partial charge in [0.05, 0.1) is 21.1 Å². The van der Waals surface area contributed by atoms with E-state index in [0.29, 0.717) is 16.3 Å². The molecule has 8 heteroatoms. The monoisotopic (exact) mass is 432 g/mol. The van der Waals surface area contributed by atoms with Crippen molar-refractivity contribution in [3.8, 4) is 0 Å². The Hall–Kier alpha value is -2.32. The van der Waals surface area contributed by atoms with Crippen LogP contribution in [0.2, 0.25) is 0 Å². The summed E-state index contributed by atoms with van der Waals surface area (Å²) in [6.45, 7) is 7.17. The maximum atomic E-state index is 13.0. The summed E-state index contributed by atoms with van der Waals surface area (Å²) < 4.78 is 26.0. The smallest absolute Gasteiger partial charge is 0.237 e. The molecule has 0 radical (unpaired) electrons. The van der Waals surface area contributed by atoms with E-state index >= 15 is 0 Å². The van der Waals surface area contributed by atoms with E-state index in [1.54, 1.807) is 25.1 Å². The van der Waals surface area contributed by atoms with Crippen LogP contribution in [0, 0.1) is 13.8 Å². The predicted molar refractivity (Wildman–Crippen MR) is 116 cm³/mol. The van der Waals surface area contributed by atoms with Crippen molar-refractivity contribution in [1.82, 2.24) is 0 Å². The number of fused-ring (bicyclic) bond motifs is 1. The van der Waals surface area contributed by atoms with E-state index < -0.39 is 15.1 Å². The number of carbonyl (C=O) groups is 2. The van der Waals surface area contributed by atoms with Gasteiger partial charge in [-0.1, -0.05) is 12.1 Å². The van der Waals surface area contributed by atoms with Gasteiger partial charge in [-0.15, -0.1) is 11.8 Å². The highest BCUT2D eigenvalue weighted by atomic mass is 32.2. The lowest BCUT2D eigenvalue weighted by atomic mass is 10.1. The minimum Gasteiger partial charge on any atom is -0.326 e. The quantitative estimate of drug-likeness (QED) is 0.747. The van der Waals surface area contributed by atoms with Gasteiger partial charge < -0.3 is 10.6 Å². The Morgan fingerprint density at radius 1 is 1.24 bits per heavy atom. The van der Waals surface area contributed by atoms with Crippen molar-refractivity contribution in [2.75, 3.05) is 10.6 Å². The standard InChI is InChI=1S/C21H24N2O4S2/c1-12-6-5-7-17(14(12)3)22-20(24)10-13(2)29(26,27)16-8-9-18-19(11-16)28-15(4)21(25)23-18/h5-9,11,13,15H,10H2,1-4H3,(H,22,24)(H,23,25). The zero-order valence-electron chi connectivity index (χ0n) is 16.8. The van der Waals surface area contributed by atoms with Crippen LogP contribution >= 0.6 is 11.8 Å². The normalized spacial score (nSPS) is 17.2. The fourth-order valence-corrected chi connectivity index (χ4v) is 5.49. The molecule has 2 atom stereocenters. The van der Waals surface area contributed by atoms with Crippen LogP contribution in [-0.4, -0.2) is 30.7 Å². The molecule has 2 N–H and O–H groups in total. The summed E-state index contributed by atoms with van der Waals surface area (Å²) in [6, 6.07) is 10.3.